The van der Waals surface area contributed by atoms with E-state index >= 15 is 0 Å². The van der Waals surface area contributed by atoms with Crippen LogP contribution in [0.3, 0.4) is 0 Å². The molecule has 0 aromatic heterocycles. The number of halogens is 12. The van der Waals surface area contributed by atoms with Crippen molar-refractivity contribution < 1.29 is 71.7 Å². The molecular formula is C12H8F12O4. The highest BCUT2D eigenvalue weighted by atomic mass is 19.4. The molecule has 1 saturated heterocycles. The second kappa shape index (κ2) is 6.14. The van der Waals surface area contributed by atoms with E-state index in [-0.39, 0.29) is 13.8 Å². The molecule has 0 radical (unpaired) electrons. The lowest BCUT2D eigenvalue weighted by molar-refractivity contribution is -0.473. The van der Waals surface area contributed by atoms with Crippen LogP contribution in [0.2, 0.25) is 0 Å². The standard InChI is InChI=1S/C12H8F12O4/c1-4(7(13,14)15)5(25)26-12(11(22,23)24)27-6(2,3)8(28-12,9(16,17)18)10(19,20)21/h1H2,2-3H3. The number of carbonyl (C=O) groups is 1. The summed E-state index contributed by atoms with van der Waals surface area (Å²) in [7, 11) is 0. The van der Waals surface area contributed by atoms with Crippen LogP contribution in [0.25, 0.3) is 0 Å². The van der Waals surface area contributed by atoms with Gasteiger partial charge in [0.25, 0.3) is 5.60 Å². The maximum absolute atomic E-state index is 13.2. The summed E-state index contributed by atoms with van der Waals surface area (Å²) in [6.45, 7) is 1.77. The Morgan fingerprint density at radius 1 is 0.786 bits per heavy atom. The van der Waals surface area contributed by atoms with Crippen LogP contribution in [-0.4, -0.2) is 47.8 Å². The van der Waals surface area contributed by atoms with E-state index in [9.17, 15) is 57.5 Å². The first-order valence-corrected chi connectivity index (χ1v) is 6.55. The lowest BCUT2D eigenvalue weighted by atomic mass is 9.84. The zero-order chi connectivity index (χ0) is 22.8. The lowest BCUT2D eigenvalue weighted by Crippen LogP contribution is -2.67. The maximum atomic E-state index is 13.2. The van der Waals surface area contributed by atoms with Gasteiger partial charge in [0, 0.05) is 0 Å². The largest absolute Gasteiger partial charge is 0.486 e. The third-order valence-electron chi connectivity index (χ3n) is 3.49. The number of esters is 1. The molecule has 28 heavy (non-hydrogen) atoms. The van der Waals surface area contributed by atoms with Crippen LogP contribution in [0.5, 0.6) is 0 Å². The average Bonchev–Trinajstić information content (AvgIpc) is 2.64. The molecule has 1 aliphatic heterocycles. The van der Waals surface area contributed by atoms with Crippen molar-refractivity contribution in [2.24, 2.45) is 0 Å². The van der Waals surface area contributed by atoms with E-state index in [0.717, 1.165) is 0 Å². The number of ether oxygens (including phenoxy) is 3. The molecule has 1 rings (SSSR count). The molecule has 0 bridgehead atoms. The highest BCUT2D eigenvalue weighted by Gasteiger charge is 2.90. The first-order chi connectivity index (χ1) is 12.0. The van der Waals surface area contributed by atoms with E-state index < -0.39 is 53.4 Å². The SMILES string of the molecule is C=C(C(=O)OC1(C(F)(F)F)OC(C)(C)C(C(F)(F)F)(C(F)(F)F)O1)C(F)(F)F. The predicted molar refractivity (Wildman–Crippen MR) is 61.2 cm³/mol. The van der Waals surface area contributed by atoms with E-state index in [1.165, 1.54) is 0 Å². The zero-order valence-corrected chi connectivity index (χ0v) is 13.4. The van der Waals surface area contributed by atoms with Gasteiger partial charge in [-0.25, -0.2) is 4.79 Å². The van der Waals surface area contributed by atoms with Gasteiger partial charge >= 0.3 is 36.6 Å². The molecule has 0 aromatic rings. The Labute approximate surface area is 147 Å². The van der Waals surface area contributed by atoms with Crippen LogP contribution in [-0.2, 0) is 19.0 Å². The Balaban J connectivity index is 3.65. The van der Waals surface area contributed by atoms with E-state index in [1.54, 1.807) is 0 Å². The second-order valence-electron chi connectivity index (χ2n) is 5.81. The molecule has 1 heterocycles. The smallest absolute Gasteiger partial charge is 0.397 e. The fourth-order valence-corrected chi connectivity index (χ4v) is 2.23. The summed E-state index contributed by atoms with van der Waals surface area (Å²) >= 11 is 0. The molecule has 164 valence electrons. The van der Waals surface area contributed by atoms with Crippen molar-refractivity contribution in [1.29, 1.82) is 0 Å². The summed E-state index contributed by atoms with van der Waals surface area (Å²) in [6.07, 6.45) is -25.5. The third kappa shape index (κ3) is 3.51. The number of alkyl halides is 12. The lowest BCUT2D eigenvalue weighted by Gasteiger charge is -2.39. The van der Waals surface area contributed by atoms with Gasteiger partial charge in [-0.1, -0.05) is 6.58 Å². The van der Waals surface area contributed by atoms with Crippen LogP contribution in [0, 0.1) is 0 Å². The first kappa shape index (κ1) is 24.3. The van der Waals surface area contributed by atoms with E-state index in [0.29, 0.717) is 0 Å². The fourth-order valence-electron chi connectivity index (χ4n) is 2.23. The molecule has 0 N–H and O–H groups in total. The molecule has 1 atom stereocenters. The Morgan fingerprint density at radius 2 is 1.18 bits per heavy atom. The second-order valence-corrected chi connectivity index (χ2v) is 5.81. The number of rotatable bonds is 2. The minimum Gasteiger partial charge on any atom is -0.397 e. The topological polar surface area (TPSA) is 44.8 Å². The molecule has 0 amide bonds. The summed E-state index contributed by atoms with van der Waals surface area (Å²) < 4.78 is 166. The van der Waals surface area contributed by atoms with Gasteiger partial charge in [-0.3, -0.25) is 4.74 Å². The molecular weight excluding hydrogens is 436 g/mol. The minimum absolute atomic E-state index is 0.131. The number of hydrogen-bond donors (Lipinski definition) is 0. The van der Waals surface area contributed by atoms with Gasteiger partial charge in [0.1, 0.15) is 11.2 Å². The molecule has 16 heteroatoms. The van der Waals surface area contributed by atoms with Gasteiger partial charge in [0.15, 0.2) is 0 Å². The van der Waals surface area contributed by atoms with E-state index in [2.05, 4.69) is 14.2 Å². The monoisotopic (exact) mass is 444 g/mol. The van der Waals surface area contributed by atoms with Gasteiger partial charge in [-0.2, -0.15) is 52.7 Å². The van der Waals surface area contributed by atoms with E-state index in [4.69, 9.17) is 0 Å². The average molecular weight is 444 g/mol. The molecule has 1 aliphatic rings. The summed E-state index contributed by atoms with van der Waals surface area (Å²) in [5, 5.41) is 0. The summed E-state index contributed by atoms with van der Waals surface area (Å²) in [4.78, 5) is 11.3. The summed E-state index contributed by atoms with van der Waals surface area (Å²) in [5.74, 6) is -8.53. The highest BCUT2D eigenvalue weighted by molar-refractivity contribution is 5.89. The number of hydrogen-bond acceptors (Lipinski definition) is 4. The Bertz CT molecular complexity index is 639. The Kier molecular flexibility index (Phi) is 5.34. The molecule has 4 nitrogen and oxygen atoms in total. The summed E-state index contributed by atoms with van der Waals surface area (Å²) in [5.41, 5.74) is -12.3. The highest BCUT2D eigenvalue weighted by Crippen LogP contribution is 2.62. The number of carbonyl (C=O) groups excluding carboxylic acids is 1. The molecule has 1 unspecified atom stereocenters. The van der Waals surface area contributed by atoms with Crippen molar-refractivity contribution in [3.05, 3.63) is 12.2 Å². The van der Waals surface area contributed by atoms with Gasteiger partial charge in [-0.05, 0) is 13.8 Å². The third-order valence-corrected chi connectivity index (χ3v) is 3.49. The molecule has 0 spiro atoms. The van der Waals surface area contributed by atoms with Crippen molar-refractivity contribution in [1.82, 2.24) is 0 Å². The maximum Gasteiger partial charge on any atom is 0.486 e. The van der Waals surface area contributed by atoms with Crippen molar-refractivity contribution in [3.63, 3.8) is 0 Å². The summed E-state index contributed by atoms with van der Waals surface area (Å²) in [6, 6.07) is 0. The fraction of sp³-hybridized carbons (Fsp3) is 0.750. The Morgan fingerprint density at radius 3 is 1.43 bits per heavy atom. The van der Waals surface area contributed by atoms with Crippen molar-refractivity contribution in [2.45, 2.75) is 55.7 Å². The van der Waals surface area contributed by atoms with Gasteiger partial charge < -0.3 is 9.47 Å². The molecule has 0 saturated carbocycles. The quantitative estimate of drug-likeness (QED) is 0.356. The predicted octanol–water partition coefficient (Wildman–Crippen LogP) is 4.55. The van der Waals surface area contributed by atoms with Crippen LogP contribution >= 0.6 is 0 Å². The van der Waals surface area contributed by atoms with Crippen molar-refractivity contribution in [2.75, 3.05) is 0 Å². The molecule has 0 aliphatic carbocycles. The van der Waals surface area contributed by atoms with Crippen molar-refractivity contribution in [3.8, 4) is 0 Å². The van der Waals surface area contributed by atoms with Crippen molar-refractivity contribution >= 4 is 5.97 Å². The van der Waals surface area contributed by atoms with Crippen LogP contribution in [0.15, 0.2) is 12.2 Å². The normalized spacial score (nSPS) is 25.5. The van der Waals surface area contributed by atoms with Crippen LogP contribution in [0.4, 0.5) is 52.7 Å². The van der Waals surface area contributed by atoms with Gasteiger partial charge in [-0.15, -0.1) is 0 Å². The van der Waals surface area contributed by atoms with Gasteiger partial charge in [0.2, 0.25) is 0 Å². The van der Waals surface area contributed by atoms with Gasteiger partial charge in [0.05, 0.1) is 0 Å². The zero-order valence-electron chi connectivity index (χ0n) is 13.4. The Hall–Kier alpha value is -1.71. The first-order valence-electron chi connectivity index (χ1n) is 6.55. The van der Waals surface area contributed by atoms with Crippen LogP contribution < -0.4 is 0 Å². The molecule has 0 aromatic carbocycles. The van der Waals surface area contributed by atoms with Crippen LogP contribution in [0.1, 0.15) is 13.8 Å². The minimum atomic E-state index is -6.63. The molecule has 1 fully saturated rings. The van der Waals surface area contributed by atoms with E-state index in [1.807, 2.05) is 6.58 Å².